The zero-order valence-electron chi connectivity index (χ0n) is 11.8. The van der Waals surface area contributed by atoms with Gasteiger partial charge in [-0.25, -0.2) is 4.39 Å². The normalized spacial score (nSPS) is 21.7. The predicted molar refractivity (Wildman–Crippen MR) is 83.0 cm³/mol. The Kier molecular flexibility index (Phi) is 4.01. The molecular formula is C18H18ClFO. The molecule has 110 valence electrons. The molecule has 0 aromatic heterocycles. The Bertz CT molecular complexity index is 655. The van der Waals surface area contributed by atoms with E-state index < -0.39 is 5.60 Å². The van der Waals surface area contributed by atoms with E-state index in [-0.39, 0.29) is 5.82 Å². The maximum atomic E-state index is 13.2. The number of halogens is 2. The second-order valence-corrected chi connectivity index (χ2v) is 6.22. The van der Waals surface area contributed by atoms with Crippen LogP contribution in [0.5, 0.6) is 0 Å². The molecule has 21 heavy (non-hydrogen) atoms. The average molecular weight is 305 g/mol. The van der Waals surface area contributed by atoms with E-state index in [1.54, 1.807) is 6.07 Å². The molecule has 1 unspecified atom stereocenters. The van der Waals surface area contributed by atoms with Gasteiger partial charge in [0.25, 0.3) is 0 Å². The van der Waals surface area contributed by atoms with Crippen LogP contribution in [0.2, 0.25) is 5.02 Å². The van der Waals surface area contributed by atoms with E-state index in [0.29, 0.717) is 17.9 Å². The minimum absolute atomic E-state index is 0.350. The number of fused-ring (bicyclic) bond motifs is 1. The Morgan fingerprint density at radius 3 is 2.76 bits per heavy atom. The summed E-state index contributed by atoms with van der Waals surface area (Å²) in [7, 11) is 0. The van der Waals surface area contributed by atoms with Crippen molar-refractivity contribution in [2.45, 2.75) is 37.7 Å². The number of rotatable bonds is 2. The highest BCUT2D eigenvalue weighted by atomic mass is 35.5. The van der Waals surface area contributed by atoms with Crippen LogP contribution in [-0.2, 0) is 18.4 Å². The summed E-state index contributed by atoms with van der Waals surface area (Å²) in [6, 6.07) is 12.4. The van der Waals surface area contributed by atoms with Gasteiger partial charge in [0.15, 0.2) is 0 Å². The molecule has 0 amide bonds. The van der Waals surface area contributed by atoms with Crippen molar-refractivity contribution >= 4 is 11.6 Å². The Hall–Kier alpha value is -1.38. The van der Waals surface area contributed by atoms with E-state index in [2.05, 4.69) is 6.07 Å². The summed E-state index contributed by atoms with van der Waals surface area (Å²) < 4.78 is 13.2. The fourth-order valence-corrected chi connectivity index (χ4v) is 3.46. The van der Waals surface area contributed by atoms with Crippen molar-refractivity contribution in [1.82, 2.24) is 0 Å². The fraction of sp³-hybridized carbons (Fsp3) is 0.333. The van der Waals surface area contributed by atoms with Crippen LogP contribution in [0.3, 0.4) is 0 Å². The Morgan fingerprint density at radius 1 is 1.14 bits per heavy atom. The van der Waals surface area contributed by atoms with E-state index >= 15 is 0 Å². The van der Waals surface area contributed by atoms with Crippen LogP contribution >= 0.6 is 11.6 Å². The number of hydrogen-bond donors (Lipinski definition) is 1. The highest BCUT2D eigenvalue weighted by molar-refractivity contribution is 6.31. The molecule has 1 aliphatic rings. The molecule has 3 heteroatoms. The summed E-state index contributed by atoms with van der Waals surface area (Å²) in [5.74, 6) is -0.350. The molecule has 0 saturated heterocycles. The standard InChI is InChI=1S/C18H18ClFO/c19-17-11-15(20)9-8-14(17)12-18(21)10-4-3-6-13-5-1-2-7-16(13)18/h1-2,5,7-9,11,21H,3-4,6,10,12H2. The van der Waals surface area contributed by atoms with Crippen LogP contribution in [0, 0.1) is 5.82 Å². The average Bonchev–Trinajstić information content (AvgIpc) is 2.63. The third-order valence-electron chi connectivity index (χ3n) is 4.30. The van der Waals surface area contributed by atoms with E-state index in [4.69, 9.17) is 11.6 Å². The number of aryl methyl sites for hydroxylation is 1. The van der Waals surface area contributed by atoms with Crippen LogP contribution in [0.15, 0.2) is 42.5 Å². The minimum atomic E-state index is -0.922. The fourth-order valence-electron chi connectivity index (χ4n) is 3.22. The van der Waals surface area contributed by atoms with Gasteiger partial charge in [0.1, 0.15) is 5.82 Å². The summed E-state index contributed by atoms with van der Waals surface area (Å²) in [6.45, 7) is 0. The lowest BCUT2D eigenvalue weighted by Gasteiger charge is -2.29. The van der Waals surface area contributed by atoms with Crippen molar-refractivity contribution in [2.24, 2.45) is 0 Å². The quantitative estimate of drug-likeness (QED) is 0.802. The molecule has 0 radical (unpaired) electrons. The lowest BCUT2D eigenvalue weighted by atomic mass is 9.83. The lowest BCUT2D eigenvalue weighted by Crippen LogP contribution is -2.29. The molecule has 2 aromatic rings. The number of benzene rings is 2. The maximum Gasteiger partial charge on any atom is 0.124 e. The molecular weight excluding hydrogens is 287 g/mol. The first-order valence-corrected chi connectivity index (χ1v) is 7.71. The van der Waals surface area contributed by atoms with Gasteiger partial charge >= 0.3 is 0 Å². The Labute approximate surface area is 129 Å². The summed E-state index contributed by atoms with van der Waals surface area (Å²) in [5, 5.41) is 11.6. The topological polar surface area (TPSA) is 20.2 Å². The SMILES string of the molecule is OC1(Cc2ccc(F)cc2Cl)CCCCc2ccccc21. The van der Waals surface area contributed by atoms with Crippen LogP contribution < -0.4 is 0 Å². The van der Waals surface area contributed by atoms with Crippen molar-refractivity contribution in [2.75, 3.05) is 0 Å². The molecule has 1 N–H and O–H groups in total. The van der Waals surface area contributed by atoms with Crippen LogP contribution in [-0.4, -0.2) is 5.11 Å². The van der Waals surface area contributed by atoms with Gasteiger partial charge in [-0.05, 0) is 54.5 Å². The molecule has 0 spiro atoms. The second-order valence-electron chi connectivity index (χ2n) is 5.81. The Balaban J connectivity index is 2.00. The Morgan fingerprint density at radius 2 is 1.95 bits per heavy atom. The maximum absolute atomic E-state index is 13.2. The van der Waals surface area contributed by atoms with Gasteiger partial charge in [0, 0.05) is 11.4 Å². The zero-order chi connectivity index (χ0) is 14.9. The van der Waals surface area contributed by atoms with Crippen molar-refractivity contribution in [3.05, 3.63) is 70.0 Å². The first-order chi connectivity index (χ1) is 10.1. The van der Waals surface area contributed by atoms with Crippen molar-refractivity contribution in [1.29, 1.82) is 0 Å². The molecule has 0 bridgehead atoms. The van der Waals surface area contributed by atoms with E-state index in [0.717, 1.165) is 30.4 Å². The molecule has 0 saturated carbocycles. The molecule has 2 aromatic carbocycles. The summed E-state index contributed by atoms with van der Waals surface area (Å²) in [6.07, 6.45) is 4.18. The van der Waals surface area contributed by atoms with Gasteiger partial charge in [-0.2, -0.15) is 0 Å². The van der Waals surface area contributed by atoms with Crippen LogP contribution in [0.25, 0.3) is 0 Å². The van der Waals surface area contributed by atoms with E-state index in [1.165, 1.54) is 17.7 Å². The molecule has 3 rings (SSSR count). The number of hydrogen-bond acceptors (Lipinski definition) is 1. The van der Waals surface area contributed by atoms with Gasteiger partial charge < -0.3 is 5.11 Å². The van der Waals surface area contributed by atoms with Crippen molar-refractivity contribution < 1.29 is 9.50 Å². The monoisotopic (exact) mass is 304 g/mol. The highest BCUT2D eigenvalue weighted by Gasteiger charge is 2.33. The zero-order valence-corrected chi connectivity index (χ0v) is 12.5. The van der Waals surface area contributed by atoms with Gasteiger partial charge in [-0.1, -0.05) is 41.9 Å². The van der Waals surface area contributed by atoms with E-state index in [9.17, 15) is 9.50 Å². The summed E-state index contributed by atoms with van der Waals surface area (Å²) in [5.41, 5.74) is 2.06. The molecule has 1 nitrogen and oxygen atoms in total. The van der Waals surface area contributed by atoms with Gasteiger partial charge in [-0.15, -0.1) is 0 Å². The largest absolute Gasteiger partial charge is 0.385 e. The predicted octanol–water partition coefficient (Wildman–Crippen LogP) is 4.64. The molecule has 0 aliphatic heterocycles. The smallest absolute Gasteiger partial charge is 0.124 e. The summed E-state index contributed by atoms with van der Waals surface area (Å²) >= 11 is 6.13. The minimum Gasteiger partial charge on any atom is -0.385 e. The van der Waals surface area contributed by atoms with E-state index in [1.807, 2.05) is 18.2 Å². The first kappa shape index (κ1) is 14.6. The molecule has 1 atom stereocenters. The molecule has 0 fully saturated rings. The third-order valence-corrected chi connectivity index (χ3v) is 4.66. The summed E-state index contributed by atoms with van der Waals surface area (Å²) in [4.78, 5) is 0. The van der Waals surface area contributed by atoms with Crippen molar-refractivity contribution in [3.63, 3.8) is 0 Å². The highest BCUT2D eigenvalue weighted by Crippen LogP contribution is 2.38. The van der Waals surface area contributed by atoms with Crippen molar-refractivity contribution in [3.8, 4) is 0 Å². The van der Waals surface area contributed by atoms with Gasteiger partial charge in [-0.3, -0.25) is 0 Å². The van der Waals surface area contributed by atoms with Gasteiger partial charge in [0.05, 0.1) is 5.60 Å². The lowest BCUT2D eigenvalue weighted by molar-refractivity contribution is 0.0272. The van der Waals surface area contributed by atoms with Crippen LogP contribution in [0.4, 0.5) is 4.39 Å². The molecule has 0 heterocycles. The first-order valence-electron chi connectivity index (χ1n) is 7.33. The van der Waals surface area contributed by atoms with Gasteiger partial charge in [0.2, 0.25) is 0 Å². The van der Waals surface area contributed by atoms with Crippen LogP contribution in [0.1, 0.15) is 36.0 Å². The molecule has 1 aliphatic carbocycles. The third kappa shape index (κ3) is 2.97. The second kappa shape index (κ2) is 5.78. The number of aliphatic hydroxyl groups is 1.